The highest BCUT2D eigenvalue weighted by Gasteiger charge is 2.20. The Morgan fingerprint density at radius 1 is 1.00 bits per heavy atom. The van der Waals surface area contributed by atoms with Gasteiger partial charge in [0.05, 0.1) is 19.6 Å². The van der Waals surface area contributed by atoms with Gasteiger partial charge in [-0.1, -0.05) is 0 Å². The minimum atomic E-state index is -0.565. The number of rotatable bonds is 2. The minimum Gasteiger partial charge on any atom is -0.507 e. The molecule has 1 heterocycles. The summed E-state index contributed by atoms with van der Waals surface area (Å²) in [6.45, 7) is 0. The number of fused-ring (bicyclic) bond motifs is 2. The van der Waals surface area contributed by atoms with Gasteiger partial charge in [-0.05, 0) is 6.07 Å². The molecule has 3 aromatic rings. The van der Waals surface area contributed by atoms with Gasteiger partial charge < -0.3 is 29.2 Å². The number of ether oxygens (including phenoxy) is 2. The summed E-state index contributed by atoms with van der Waals surface area (Å²) in [5.41, 5.74) is -0.536. The van der Waals surface area contributed by atoms with Gasteiger partial charge in [0.25, 0.3) is 0 Å². The number of methoxy groups -OCH3 is 2. The summed E-state index contributed by atoms with van der Waals surface area (Å²) in [7, 11) is 2.67. The molecule has 2 aromatic carbocycles. The first-order valence-electron chi connectivity index (χ1n) is 6.24. The molecule has 0 saturated carbocycles. The second kappa shape index (κ2) is 4.73. The van der Waals surface area contributed by atoms with E-state index in [2.05, 4.69) is 0 Å². The van der Waals surface area contributed by atoms with Gasteiger partial charge >= 0.3 is 0 Å². The SMILES string of the molecule is COc1cc(O)c2c(=O)c3cc(O)c(O)c(OC)c3oc2c1. The number of hydrogen-bond acceptors (Lipinski definition) is 7. The Balaban J connectivity index is 2.58. The van der Waals surface area contributed by atoms with Gasteiger partial charge in [-0.15, -0.1) is 0 Å². The summed E-state index contributed by atoms with van der Waals surface area (Å²) in [4.78, 5) is 12.5. The zero-order valence-electron chi connectivity index (χ0n) is 11.7. The smallest absolute Gasteiger partial charge is 0.208 e. The summed E-state index contributed by atoms with van der Waals surface area (Å²) in [6.07, 6.45) is 0. The van der Waals surface area contributed by atoms with E-state index in [9.17, 15) is 20.1 Å². The number of phenols is 3. The quantitative estimate of drug-likeness (QED) is 0.491. The van der Waals surface area contributed by atoms with Crippen molar-refractivity contribution in [2.75, 3.05) is 14.2 Å². The maximum atomic E-state index is 12.5. The van der Waals surface area contributed by atoms with Crippen molar-refractivity contribution in [2.45, 2.75) is 0 Å². The van der Waals surface area contributed by atoms with Crippen molar-refractivity contribution in [2.24, 2.45) is 0 Å². The fourth-order valence-electron chi connectivity index (χ4n) is 2.32. The molecule has 0 aliphatic heterocycles. The molecule has 0 atom stereocenters. The van der Waals surface area contributed by atoms with E-state index in [1.807, 2.05) is 0 Å². The molecule has 0 amide bonds. The number of phenolic OH excluding ortho intramolecular Hbond substituents is 3. The van der Waals surface area contributed by atoms with Crippen LogP contribution in [0.3, 0.4) is 0 Å². The maximum absolute atomic E-state index is 12.5. The first-order valence-corrected chi connectivity index (χ1v) is 6.24. The highest BCUT2D eigenvalue weighted by Crippen LogP contribution is 2.42. The van der Waals surface area contributed by atoms with Crippen LogP contribution in [0.4, 0.5) is 0 Å². The van der Waals surface area contributed by atoms with Gasteiger partial charge in [0.1, 0.15) is 22.5 Å². The highest BCUT2D eigenvalue weighted by molar-refractivity contribution is 5.97. The Labute approximate surface area is 123 Å². The average molecular weight is 304 g/mol. The summed E-state index contributed by atoms with van der Waals surface area (Å²) >= 11 is 0. The molecular weight excluding hydrogens is 292 g/mol. The van der Waals surface area contributed by atoms with E-state index in [0.29, 0.717) is 5.75 Å². The van der Waals surface area contributed by atoms with Gasteiger partial charge in [-0.25, -0.2) is 0 Å². The van der Waals surface area contributed by atoms with Crippen molar-refractivity contribution in [3.05, 3.63) is 28.4 Å². The van der Waals surface area contributed by atoms with Crippen LogP contribution in [0.15, 0.2) is 27.4 Å². The second-order valence-corrected chi connectivity index (χ2v) is 4.61. The first kappa shape index (κ1) is 13.9. The van der Waals surface area contributed by atoms with Crippen molar-refractivity contribution < 1.29 is 29.2 Å². The zero-order valence-corrected chi connectivity index (χ0v) is 11.7. The lowest BCUT2D eigenvalue weighted by Gasteiger charge is -2.10. The fourth-order valence-corrected chi connectivity index (χ4v) is 2.32. The van der Waals surface area contributed by atoms with Crippen LogP contribution < -0.4 is 14.9 Å². The van der Waals surface area contributed by atoms with E-state index in [0.717, 1.165) is 6.07 Å². The van der Waals surface area contributed by atoms with E-state index in [1.54, 1.807) is 0 Å². The monoisotopic (exact) mass is 304 g/mol. The van der Waals surface area contributed by atoms with Crippen LogP contribution in [0.25, 0.3) is 21.9 Å². The molecule has 22 heavy (non-hydrogen) atoms. The largest absolute Gasteiger partial charge is 0.507 e. The molecule has 0 unspecified atom stereocenters. The molecule has 7 heteroatoms. The summed E-state index contributed by atoms with van der Waals surface area (Å²) in [6, 6.07) is 3.77. The Morgan fingerprint density at radius 2 is 1.73 bits per heavy atom. The van der Waals surface area contributed by atoms with Crippen LogP contribution >= 0.6 is 0 Å². The van der Waals surface area contributed by atoms with Crippen LogP contribution in [-0.4, -0.2) is 29.5 Å². The molecule has 0 aliphatic carbocycles. The van der Waals surface area contributed by atoms with Crippen molar-refractivity contribution in [1.82, 2.24) is 0 Å². The third-order valence-electron chi connectivity index (χ3n) is 3.37. The third-order valence-corrected chi connectivity index (χ3v) is 3.37. The molecule has 0 spiro atoms. The predicted molar refractivity (Wildman–Crippen MR) is 78.1 cm³/mol. The molecule has 7 nitrogen and oxygen atoms in total. The van der Waals surface area contributed by atoms with Gasteiger partial charge in [0.2, 0.25) is 16.9 Å². The molecule has 0 aliphatic rings. The molecule has 3 N–H and O–H groups in total. The van der Waals surface area contributed by atoms with E-state index < -0.39 is 16.9 Å². The average Bonchev–Trinajstić information content (AvgIpc) is 2.49. The topological polar surface area (TPSA) is 109 Å². The van der Waals surface area contributed by atoms with Crippen molar-refractivity contribution in [3.63, 3.8) is 0 Å². The van der Waals surface area contributed by atoms with Gasteiger partial charge in [-0.2, -0.15) is 0 Å². The van der Waals surface area contributed by atoms with Crippen LogP contribution in [-0.2, 0) is 0 Å². The van der Waals surface area contributed by atoms with E-state index in [1.165, 1.54) is 26.4 Å². The Hall–Kier alpha value is -3.09. The van der Waals surface area contributed by atoms with E-state index in [-0.39, 0.29) is 33.4 Å². The predicted octanol–water partition coefficient (Wildman–Crippen LogP) is 2.08. The summed E-state index contributed by atoms with van der Waals surface area (Å²) in [5.74, 6) is -1.24. The van der Waals surface area contributed by atoms with Gasteiger partial charge in [0.15, 0.2) is 11.3 Å². The molecule has 0 bridgehead atoms. The Morgan fingerprint density at radius 3 is 2.36 bits per heavy atom. The Kier molecular flexibility index (Phi) is 2.98. The van der Waals surface area contributed by atoms with Crippen LogP contribution in [0.1, 0.15) is 0 Å². The molecule has 0 radical (unpaired) electrons. The number of hydrogen-bond donors (Lipinski definition) is 3. The van der Waals surface area contributed by atoms with Crippen molar-refractivity contribution in [1.29, 1.82) is 0 Å². The summed E-state index contributed by atoms with van der Waals surface area (Å²) < 4.78 is 15.6. The molecule has 1 aromatic heterocycles. The third kappa shape index (κ3) is 1.79. The van der Waals surface area contributed by atoms with Crippen molar-refractivity contribution in [3.8, 4) is 28.7 Å². The van der Waals surface area contributed by atoms with Gasteiger partial charge in [-0.3, -0.25) is 4.79 Å². The lowest BCUT2D eigenvalue weighted by atomic mass is 10.1. The standard InChI is InChI=1S/C15H12O7/c1-20-6-3-8(16)11-10(4-6)22-14-7(12(11)18)5-9(17)13(19)15(14)21-2/h3-5,16-17,19H,1-2H3. The fraction of sp³-hybridized carbons (Fsp3) is 0.133. The first-order chi connectivity index (χ1) is 10.5. The van der Waals surface area contributed by atoms with Gasteiger partial charge in [0, 0.05) is 12.1 Å². The second-order valence-electron chi connectivity index (χ2n) is 4.61. The van der Waals surface area contributed by atoms with E-state index in [4.69, 9.17) is 13.9 Å². The minimum absolute atomic E-state index is 0.0277. The molecular formula is C15H12O7. The lowest BCUT2D eigenvalue weighted by Crippen LogP contribution is -2.04. The molecule has 114 valence electrons. The molecule has 0 saturated heterocycles. The van der Waals surface area contributed by atoms with Crippen LogP contribution in [0.2, 0.25) is 0 Å². The summed E-state index contributed by atoms with van der Waals surface area (Å²) in [5, 5.41) is 29.4. The van der Waals surface area contributed by atoms with E-state index >= 15 is 0 Å². The van der Waals surface area contributed by atoms with Crippen LogP contribution in [0, 0.1) is 0 Å². The van der Waals surface area contributed by atoms with Crippen LogP contribution in [0.5, 0.6) is 28.7 Å². The highest BCUT2D eigenvalue weighted by atomic mass is 16.5. The normalized spacial score (nSPS) is 11.0. The molecule has 0 fully saturated rings. The lowest BCUT2D eigenvalue weighted by molar-refractivity contribution is 0.350. The number of aromatic hydroxyl groups is 3. The Bertz CT molecular complexity index is 956. The molecule has 3 rings (SSSR count). The maximum Gasteiger partial charge on any atom is 0.208 e. The van der Waals surface area contributed by atoms with Crippen molar-refractivity contribution >= 4 is 21.9 Å². The zero-order chi connectivity index (χ0) is 16.0. The number of benzene rings is 2.